The van der Waals surface area contributed by atoms with E-state index in [0.717, 1.165) is 10.5 Å². The first-order valence-corrected chi connectivity index (χ1v) is 5.80. The fourth-order valence-corrected chi connectivity index (χ4v) is 2.08. The van der Waals surface area contributed by atoms with Crippen molar-refractivity contribution in [3.05, 3.63) is 23.3 Å². The van der Waals surface area contributed by atoms with Gasteiger partial charge in [-0.1, -0.05) is 0 Å². The zero-order chi connectivity index (χ0) is 12.1. The lowest BCUT2D eigenvalue weighted by Crippen LogP contribution is -2.07. The molecule has 3 N–H and O–H groups in total. The van der Waals surface area contributed by atoms with Crippen molar-refractivity contribution in [1.82, 2.24) is 0 Å². The summed E-state index contributed by atoms with van der Waals surface area (Å²) in [5.41, 5.74) is 7.46. The average molecular weight is 241 g/mol. The van der Waals surface area contributed by atoms with Gasteiger partial charge in [-0.2, -0.15) is 0 Å². The first kappa shape index (κ1) is 12.9. The molecule has 88 valence electrons. The summed E-state index contributed by atoms with van der Waals surface area (Å²) >= 11 is 1.47. The van der Waals surface area contributed by atoms with E-state index in [9.17, 15) is 4.79 Å². The molecule has 0 saturated heterocycles. The third-order valence-electron chi connectivity index (χ3n) is 2.13. The van der Waals surface area contributed by atoms with Gasteiger partial charge in [-0.15, -0.1) is 11.8 Å². The highest BCUT2D eigenvalue weighted by Crippen LogP contribution is 2.26. The summed E-state index contributed by atoms with van der Waals surface area (Å²) in [5, 5.41) is 8.74. The predicted octanol–water partition coefficient (Wildman–Crippen LogP) is 1.45. The van der Waals surface area contributed by atoms with Crippen LogP contribution in [0.4, 0.5) is 5.69 Å². The van der Waals surface area contributed by atoms with Gasteiger partial charge in [-0.3, -0.25) is 0 Å². The summed E-state index contributed by atoms with van der Waals surface area (Å²) in [6.07, 6.45) is 0. The number of nitrogens with two attached hydrogens (primary N) is 1. The highest BCUT2D eigenvalue weighted by molar-refractivity contribution is 7.99. The summed E-state index contributed by atoms with van der Waals surface area (Å²) in [4.78, 5) is 12.4. The van der Waals surface area contributed by atoms with Gasteiger partial charge in [-0.05, 0) is 24.6 Å². The normalized spacial score (nSPS) is 10.2. The first-order valence-electron chi connectivity index (χ1n) is 4.82. The van der Waals surface area contributed by atoms with Crippen LogP contribution in [-0.4, -0.2) is 30.5 Å². The Bertz CT molecular complexity index is 393. The number of thioether (sulfide) groups is 1. The molecule has 0 atom stereocenters. The summed E-state index contributed by atoms with van der Waals surface area (Å²) < 4.78 is 4.65. The van der Waals surface area contributed by atoms with Crippen LogP contribution in [0.5, 0.6) is 0 Å². The SMILES string of the molecule is COC(=O)c1cc(SCCO)cc(C)c1N. The van der Waals surface area contributed by atoms with E-state index in [-0.39, 0.29) is 6.61 Å². The molecule has 0 aromatic heterocycles. The minimum Gasteiger partial charge on any atom is -0.465 e. The van der Waals surface area contributed by atoms with E-state index < -0.39 is 5.97 Å². The maximum atomic E-state index is 11.5. The number of ether oxygens (including phenoxy) is 1. The second-order valence-corrected chi connectivity index (χ2v) is 4.43. The predicted molar refractivity (Wildman–Crippen MR) is 64.7 cm³/mol. The molecule has 0 amide bonds. The fourth-order valence-electron chi connectivity index (χ4n) is 1.29. The lowest BCUT2D eigenvalue weighted by atomic mass is 10.1. The number of hydrogen-bond donors (Lipinski definition) is 2. The quantitative estimate of drug-likeness (QED) is 0.474. The Kier molecular flexibility index (Phi) is 4.64. The molecule has 0 fully saturated rings. The summed E-state index contributed by atoms with van der Waals surface area (Å²) in [7, 11) is 1.32. The molecule has 0 aliphatic carbocycles. The van der Waals surface area contributed by atoms with Crippen molar-refractivity contribution in [3.8, 4) is 0 Å². The third-order valence-corrected chi connectivity index (χ3v) is 3.08. The molecule has 0 heterocycles. The van der Waals surface area contributed by atoms with Crippen LogP contribution < -0.4 is 5.73 Å². The lowest BCUT2D eigenvalue weighted by Gasteiger charge is -2.09. The number of aryl methyl sites for hydroxylation is 1. The summed E-state index contributed by atoms with van der Waals surface area (Å²) in [6, 6.07) is 3.58. The summed E-state index contributed by atoms with van der Waals surface area (Å²) in [6.45, 7) is 1.94. The van der Waals surface area contributed by atoms with Crippen molar-refractivity contribution < 1.29 is 14.6 Å². The van der Waals surface area contributed by atoms with E-state index in [1.807, 2.05) is 13.0 Å². The topological polar surface area (TPSA) is 72.5 Å². The Labute approximate surface area is 98.8 Å². The standard InChI is InChI=1S/C11H15NO3S/c1-7-5-8(16-4-3-13)6-9(10(7)12)11(14)15-2/h5-6,13H,3-4,12H2,1-2H3. The monoisotopic (exact) mass is 241 g/mol. The van der Waals surface area contributed by atoms with Crippen LogP contribution in [-0.2, 0) is 4.74 Å². The molecule has 16 heavy (non-hydrogen) atoms. The van der Waals surface area contributed by atoms with E-state index in [1.165, 1.54) is 18.9 Å². The highest BCUT2D eigenvalue weighted by Gasteiger charge is 2.13. The minimum absolute atomic E-state index is 0.0989. The van der Waals surface area contributed by atoms with Gasteiger partial charge in [0.15, 0.2) is 0 Å². The average Bonchev–Trinajstić information content (AvgIpc) is 2.29. The minimum atomic E-state index is -0.438. The van der Waals surface area contributed by atoms with Gasteiger partial charge in [0, 0.05) is 16.3 Å². The number of hydrogen-bond acceptors (Lipinski definition) is 5. The van der Waals surface area contributed by atoms with Crippen molar-refractivity contribution in [2.45, 2.75) is 11.8 Å². The molecule has 0 radical (unpaired) electrons. The van der Waals surface area contributed by atoms with E-state index in [1.54, 1.807) is 6.07 Å². The Balaban J connectivity index is 3.06. The largest absolute Gasteiger partial charge is 0.465 e. The van der Waals surface area contributed by atoms with Crippen molar-refractivity contribution in [2.24, 2.45) is 0 Å². The highest BCUT2D eigenvalue weighted by atomic mass is 32.2. The van der Waals surface area contributed by atoms with Crippen molar-refractivity contribution in [1.29, 1.82) is 0 Å². The molecular formula is C11H15NO3S. The number of benzene rings is 1. The molecule has 0 spiro atoms. The third kappa shape index (κ3) is 2.90. The molecule has 0 saturated carbocycles. The van der Waals surface area contributed by atoms with Crippen LogP contribution in [0.15, 0.2) is 17.0 Å². The smallest absolute Gasteiger partial charge is 0.340 e. The van der Waals surface area contributed by atoms with Gasteiger partial charge in [-0.25, -0.2) is 4.79 Å². The van der Waals surface area contributed by atoms with Gasteiger partial charge < -0.3 is 15.6 Å². The molecule has 1 aromatic rings. The van der Waals surface area contributed by atoms with Crippen LogP contribution >= 0.6 is 11.8 Å². The Morgan fingerprint density at radius 3 is 2.81 bits per heavy atom. The molecule has 0 aliphatic rings. The zero-order valence-corrected chi connectivity index (χ0v) is 10.1. The van der Waals surface area contributed by atoms with Crippen LogP contribution in [0.25, 0.3) is 0 Å². The number of carbonyl (C=O) groups is 1. The van der Waals surface area contributed by atoms with Crippen LogP contribution in [0, 0.1) is 6.92 Å². The van der Waals surface area contributed by atoms with Gasteiger partial charge in [0.05, 0.1) is 19.3 Å². The second-order valence-electron chi connectivity index (χ2n) is 3.27. The Morgan fingerprint density at radius 1 is 1.56 bits per heavy atom. The van der Waals surface area contributed by atoms with Crippen molar-refractivity contribution in [3.63, 3.8) is 0 Å². The van der Waals surface area contributed by atoms with Gasteiger partial charge in [0.2, 0.25) is 0 Å². The number of nitrogen functional groups attached to an aromatic ring is 1. The Morgan fingerprint density at radius 2 is 2.25 bits per heavy atom. The molecule has 1 aromatic carbocycles. The van der Waals surface area contributed by atoms with Gasteiger partial charge in [0.25, 0.3) is 0 Å². The molecule has 4 nitrogen and oxygen atoms in total. The first-order chi connectivity index (χ1) is 7.60. The zero-order valence-electron chi connectivity index (χ0n) is 9.32. The van der Waals surface area contributed by atoms with E-state index in [2.05, 4.69) is 4.74 Å². The number of anilines is 1. The molecule has 1 rings (SSSR count). The number of aliphatic hydroxyl groups excluding tert-OH is 1. The lowest BCUT2D eigenvalue weighted by molar-refractivity contribution is 0.0601. The maximum absolute atomic E-state index is 11.5. The van der Waals surface area contributed by atoms with E-state index >= 15 is 0 Å². The van der Waals surface area contributed by atoms with Crippen molar-refractivity contribution in [2.75, 3.05) is 25.2 Å². The number of carbonyl (C=O) groups excluding carboxylic acids is 1. The van der Waals surface area contributed by atoms with Crippen molar-refractivity contribution >= 4 is 23.4 Å². The molecule has 0 bridgehead atoms. The second kappa shape index (κ2) is 5.77. The van der Waals surface area contributed by atoms with Crippen LogP contribution in [0.2, 0.25) is 0 Å². The molecule has 0 unspecified atom stereocenters. The summed E-state index contributed by atoms with van der Waals surface area (Å²) in [5.74, 6) is 0.149. The van der Waals surface area contributed by atoms with E-state index in [4.69, 9.17) is 10.8 Å². The van der Waals surface area contributed by atoms with Crippen LogP contribution in [0.1, 0.15) is 15.9 Å². The number of aliphatic hydroxyl groups is 1. The Hall–Kier alpha value is -1.20. The number of rotatable bonds is 4. The fraction of sp³-hybridized carbons (Fsp3) is 0.364. The number of methoxy groups -OCH3 is 1. The molecule has 0 aliphatic heterocycles. The van der Waals surface area contributed by atoms with Gasteiger partial charge in [0.1, 0.15) is 0 Å². The maximum Gasteiger partial charge on any atom is 0.340 e. The van der Waals surface area contributed by atoms with Crippen LogP contribution in [0.3, 0.4) is 0 Å². The van der Waals surface area contributed by atoms with E-state index in [0.29, 0.717) is 17.0 Å². The van der Waals surface area contributed by atoms with Gasteiger partial charge >= 0.3 is 5.97 Å². The molecule has 5 heteroatoms. The molecular weight excluding hydrogens is 226 g/mol. The number of esters is 1.